The van der Waals surface area contributed by atoms with Gasteiger partial charge in [0, 0.05) is 10.0 Å². The van der Waals surface area contributed by atoms with Crippen LogP contribution >= 0.6 is 39.0 Å². The Morgan fingerprint density at radius 3 is 2.86 bits per heavy atom. The van der Waals surface area contributed by atoms with Gasteiger partial charge in [-0.2, -0.15) is 0 Å². The summed E-state index contributed by atoms with van der Waals surface area (Å²) < 4.78 is 1.35. The average molecular weight is 388 g/mol. The van der Waals surface area contributed by atoms with Crippen molar-refractivity contribution in [3.05, 3.63) is 33.8 Å². The summed E-state index contributed by atoms with van der Waals surface area (Å²) in [6, 6.07) is 5.29. The van der Waals surface area contributed by atoms with Crippen LogP contribution in [0, 0.1) is 6.92 Å². The van der Waals surface area contributed by atoms with Gasteiger partial charge in [0.25, 0.3) is 5.91 Å². The van der Waals surface area contributed by atoms with E-state index < -0.39 is 5.97 Å². The molecule has 0 aliphatic carbocycles. The number of benzene rings is 1. The summed E-state index contributed by atoms with van der Waals surface area (Å²) in [5.41, 5.74) is 1.54. The third kappa shape index (κ3) is 4.51. The van der Waals surface area contributed by atoms with E-state index in [2.05, 4.69) is 31.4 Å². The Morgan fingerprint density at radius 1 is 1.43 bits per heavy atom. The summed E-state index contributed by atoms with van der Waals surface area (Å²) in [6.07, 6.45) is 0. The zero-order valence-electron chi connectivity index (χ0n) is 10.8. The van der Waals surface area contributed by atoms with Crippen LogP contribution in [0.15, 0.2) is 27.0 Å². The Labute approximate surface area is 137 Å². The van der Waals surface area contributed by atoms with Gasteiger partial charge in [-0.3, -0.25) is 14.9 Å². The predicted octanol–water partition coefficient (Wildman–Crippen LogP) is 3.04. The minimum Gasteiger partial charge on any atom is -0.481 e. The van der Waals surface area contributed by atoms with Gasteiger partial charge in [-0.15, -0.1) is 10.2 Å². The quantitative estimate of drug-likeness (QED) is 0.604. The molecule has 0 saturated carbocycles. The van der Waals surface area contributed by atoms with Crippen molar-refractivity contribution in [2.75, 3.05) is 11.1 Å². The van der Waals surface area contributed by atoms with Crippen LogP contribution in [-0.4, -0.2) is 32.9 Å². The molecule has 0 unspecified atom stereocenters. The maximum Gasteiger partial charge on any atom is 0.313 e. The molecule has 1 amide bonds. The number of aryl methyl sites for hydroxylation is 1. The second kappa shape index (κ2) is 7.01. The largest absolute Gasteiger partial charge is 0.481 e. The molecule has 0 atom stereocenters. The monoisotopic (exact) mass is 387 g/mol. The van der Waals surface area contributed by atoms with Crippen molar-refractivity contribution in [2.24, 2.45) is 0 Å². The first-order valence-electron chi connectivity index (χ1n) is 5.71. The van der Waals surface area contributed by atoms with E-state index in [-0.39, 0.29) is 11.7 Å². The second-order valence-electron chi connectivity index (χ2n) is 3.97. The van der Waals surface area contributed by atoms with Crippen molar-refractivity contribution >= 4 is 56.0 Å². The number of anilines is 1. The Kier molecular flexibility index (Phi) is 5.32. The predicted molar refractivity (Wildman–Crippen MR) is 85.1 cm³/mol. The molecule has 2 aromatic rings. The highest BCUT2D eigenvalue weighted by Crippen LogP contribution is 2.26. The number of carbonyl (C=O) groups excluding carboxylic acids is 1. The van der Waals surface area contributed by atoms with Crippen molar-refractivity contribution in [1.29, 1.82) is 0 Å². The summed E-state index contributed by atoms with van der Waals surface area (Å²) >= 11 is 5.58. The lowest BCUT2D eigenvalue weighted by molar-refractivity contribution is -0.133. The molecule has 2 N–H and O–H groups in total. The highest BCUT2D eigenvalue weighted by Gasteiger charge is 2.12. The number of nitrogens with one attached hydrogen (secondary N) is 1. The molecule has 0 spiro atoms. The van der Waals surface area contributed by atoms with Crippen LogP contribution in [0.2, 0.25) is 0 Å². The van der Waals surface area contributed by atoms with E-state index in [4.69, 9.17) is 5.11 Å². The van der Waals surface area contributed by atoms with Gasteiger partial charge in [-0.05, 0) is 24.6 Å². The molecule has 6 nitrogen and oxygen atoms in total. The zero-order chi connectivity index (χ0) is 15.4. The van der Waals surface area contributed by atoms with Gasteiger partial charge >= 0.3 is 5.97 Å². The first-order valence-corrected chi connectivity index (χ1v) is 8.31. The van der Waals surface area contributed by atoms with Crippen molar-refractivity contribution in [3.8, 4) is 0 Å². The number of carboxylic acid groups (broad SMARTS) is 1. The van der Waals surface area contributed by atoms with E-state index in [0.717, 1.165) is 33.1 Å². The molecular weight excluding hydrogens is 378 g/mol. The van der Waals surface area contributed by atoms with Crippen molar-refractivity contribution < 1.29 is 14.7 Å². The van der Waals surface area contributed by atoms with Gasteiger partial charge in [-0.25, -0.2) is 0 Å². The molecule has 9 heteroatoms. The average Bonchev–Trinajstić information content (AvgIpc) is 2.87. The Morgan fingerprint density at radius 2 is 2.19 bits per heavy atom. The van der Waals surface area contributed by atoms with Crippen molar-refractivity contribution in [2.45, 2.75) is 11.3 Å². The van der Waals surface area contributed by atoms with Crippen LogP contribution in [0.3, 0.4) is 0 Å². The number of halogens is 1. The Bertz CT molecular complexity index is 690. The number of carbonyl (C=O) groups is 2. The highest BCUT2D eigenvalue weighted by atomic mass is 79.9. The minimum absolute atomic E-state index is 0.0898. The summed E-state index contributed by atoms with van der Waals surface area (Å²) in [5.74, 6) is -1.31. The normalized spacial score (nSPS) is 10.4. The molecule has 110 valence electrons. The first-order chi connectivity index (χ1) is 9.95. The molecule has 1 aromatic carbocycles. The lowest BCUT2D eigenvalue weighted by atomic mass is 10.1. The molecule has 0 saturated heterocycles. The number of thioether (sulfide) groups is 1. The fourth-order valence-corrected chi connectivity index (χ4v) is 3.19. The number of carboxylic acids is 1. The van der Waals surface area contributed by atoms with E-state index in [0.29, 0.717) is 15.0 Å². The lowest BCUT2D eigenvalue weighted by Crippen LogP contribution is -2.11. The fraction of sp³-hybridized carbons (Fsp3) is 0.167. The molecule has 0 aliphatic heterocycles. The molecule has 1 aromatic heterocycles. The molecule has 0 bridgehead atoms. The zero-order valence-corrected chi connectivity index (χ0v) is 14.0. The van der Waals surface area contributed by atoms with Gasteiger partial charge in [0.2, 0.25) is 5.13 Å². The van der Waals surface area contributed by atoms with E-state index >= 15 is 0 Å². The molecule has 2 rings (SSSR count). The van der Waals surface area contributed by atoms with E-state index in [1.807, 2.05) is 13.0 Å². The van der Waals surface area contributed by atoms with Crippen LogP contribution in [-0.2, 0) is 4.79 Å². The fourth-order valence-electron chi connectivity index (χ4n) is 1.35. The second-order valence-corrected chi connectivity index (χ2v) is 7.03. The van der Waals surface area contributed by atoms with Crippen LogP contribution in [0.4, 0.5) is 5.13 Å². The highest BCUT2D eigenvalue weighted by molar-refractivity contribution is 9.10. The van der Waals surface area contributed by atoms with Crippen molar-refractivity contribution in [3.63, 3.8) is 0 Å². The summed E-state index contributed by atoms with van der Waals surface area (Å²) in [7, 11) is 0. The van der Waals surface area contributed by atoms with Gasteiger partial charge in [0.15, 0.2) is 4.34 Å². The summed E-state index contributed by atoms with van der Waals surface area (Å²) in [4.78, 5) is 22.5. The van der Waals surface area contributed by atoms with Crippen LogP contribution in [0.5, 0.6) is 0 Å². The number of amides is 1. The molecular formula is C12H10BrN3O3S2. The summed E-state index contributed by atoms with van der Waals surface area (Å²) in [5, 5.41) is 19.2. The maximum atomic E-state index is 12.1. The van der Waals surface area contributed by atoms with E-state index in [1.165, 1.54) is 0 Å². The van der Waals surface area contributed by atoms with Gasteiger partial charge in [0.05, 0.1) is 5.75 Å². The summed E-state index contributed by atoms with van der Waals surface area (Å²) in [6.45, 7) is 1.93. The molecule has 21 heavy (non-hydrogen) atoms. The Balaban J connectivity index is 2.02. The van der Waals surface area contributed by atoms with Gasteiger partial charge in [0.1, 0.15) is 0 Å². The van der Waals surface area contributed by atoms with E-state index in [1.54, 1.807) is 12.1 Å². The van der Waals surface area contributed by atoms with Crippen LogP contribution in [0.25, 0.3) is 0 Å². The third-order valence-electron chi connectivity index (χ3n) is 2.38. The lowest BCUT2D eigenvalue weighted by Gasteiger charge is -2.03. The number of aromatic nitrogens is 2. The number of hydrogen-bond acceptors (Lipinski definition) is 6. The number of aliphatic carboxylic acids is 1. The Hall–Kier alpha value is -1.45. The first kappa shape index (κ1) is 15.9. The van der Waals surface area contributed by atoms with Gasteiger partial charge < -0.3 is 5.11 Å². The maximum absolute atomic E-state index is 12.1. The van der Waals surface area contributed by atoms with Crippen LogP contribution < -0.4 is 5.32 Å². The van der Waals surface area contributed by atoms with Crippen LogP contribution in [0.1, 0.15) is 15.9 Å². The third-order valence-corrected chi connectivity index (χ3v) is 5.19. The van der Waals surface area contributed by atoms with Gasteiger partial charge in [-0.1, -0.05) is 45.1 Å². The SMILES string of the molecule is Cc1ccc(C(=O)Nc2nnc(SCC(=O)O)s2)cc1Br. The molecule has 0 fully saturated rings. The number of rotatable bonds is 5. The number of hydrogen-bond donors (Lipinski definition) is 2. The minimum atomic E-state index is -0.926. The smallest absolute Gasteiger partial charge is 0.313 e. The number of nitrogens with zero attached hydrogens (tertiary/aromatic N) is 2. The van der Waals surface area contributed by atoms with E-state index in [9.17, 15) is 9.59 Å². The topological polar surface area (TPSA) is 92.2 Å². The molecule has 0 aliphatic rings. The molecule has 0 radical (unpaired) electrons. The molecule has 1 heterocycles. The standard InChI is InChI=1S/C12H10BrN3O3S2/c1-6-2-3-7(4-8(6)13)10(19)14-11-15-16-12(21-11)20-5-9(17)18/h2-4H,5H2,1H3,(H,17,18)(H,14,15,19). The van der Waals surface area contributed by atoms with Crippen molar-refractivity contribution in [1.82, 2.24) is 10.2 Å².